The lowest BCUT2D eigenvalue weighted by Gasteiger charge is -1.97. The third kappa shape index (κ3) is 19.5. The molecule has 0 aromatic heterocycles. The zero-order valence-corrected chi connectivity index (χ0v) is 13.0. The summed E-state index contributed by atoms with van der Waals surface area (Å²) < 4.78 is 8.95. The van der Waals surface area contributed by atoms with Gasteiger partial charge in [0.25, 0.3) is 0 Å². The molecule has 19 heavy (non-hydrogen) atoms. The molecule has 4 heteroatoms. The molecule has 0 amide bonds. The van der Waals surface area contributed by atoms with Crippen LogP contribution in [-0.2, 0) is 19.1 Å². The average molecular weight is 274 g/mol. The lowest BCUT2D eigenvalue weighted by molar-refractivity contribution is -0.141. The van der Waals surface area contributed by atoms with Crippen molar-refractivity contribution in [1.82, 2.24) is 0 Å². The number of methoxy groups -OCH3 is 2. The first kappa shape index (κ1) is 20.3. The molecule has 4 nitrogen and oxygen atoms in total. The van der Waals surface area contributed by atoms with Crippen molar-refractivity contribution in [1.29, 1.82) is 0 Å². The minimum absolute atomic E-state index is 0.0869. The van der Waals surface area contributed by atoms with Crippen LogP contribution in [0.3, 0.4) is 0 Å². The number of esters is 2. The van der Waals surface area contributed by atoms with Crippen LogP contribution in [0, 0.1) is 0 Å². The van der Waals surface area contributed by atoms with Crippen LogP contribution in [0.5, 0.6) is 0 Å². The molecule has 0 heterocycles. The molecule has 0 saturated heterocycles. The van der Waals surface area contributed by atoms with Gasteiger partial charge in [0.15, 0.2) is 0 Å². The first-order valence-electron chi connectivity index (χ1n) is 7.25. The summed E-state index contributed by atoms with van der Waals surface area (Å²) >= 11 is 0. The molecule has 0 fully saturated rings. The Kier molecular flexibility index (Phi) is 18.1. The Morgan fingerprint density at radius 1 is 0.684 bits per heavy atom. The number of rotatable bonds is 9. The van der Waals surface area contributed by atoms with E-state index in [0.717, 1.165) is 32.1 Å². The highest BCUT2D eigenvalue weighted by atomic mass is 16.5. The minimum Gasteiger partial charge on any atom is -0.469 e. The van der Waals surface area contributed by atoms with Gasteiger partial charge in [-0.15, -0.1) is 0 Å². The Morgan fingerprint density at radius 2 is 1.05 bits per heavy atom. The normalized spacial score (nSPS) is 9.26. The molecule has 0 spiro atoms. The molecule has 0 saturated carbocycles. The van der Waals surface area contributed by atoms with Crippen molar-refractivity contribution in [2.24, 2.45) is 0 Å². The van der Waals surface area contributed by atoms with Crippen LogP contribution < -0.4 is 0 Å². The first-order chi connectivity index (χ1) is 9.12. The van der Waals surface area contributed by atoms with E-state index in [-0.39, 0.29) is 11.9 Å². The highest BCUT2D eigenvalue weighted by molar-refractivity contribution is 5.69. The SMILES string of the molecule is CCCCCC(=O)OC.CCCCCCC(=O)OC. The monoisotopic (exact) mass is 274 g/mol. The summed E-state index contributed by atoms with van der Waals surface area (Å²) in [5, 5.41) is 0. The number of carbonyl (C=O) groups excluding carboxylic acids is 2. The molecule has 0 aliphatic carbocycles. The Hall–Kier alpha value is -1.06. The molecule has 0 N–H and O–H groups in total. The van der Waals surface area contributed by atoms with Crippen molar-refractivity contribution in [3.8, 4) is 0 Å². The van der Waals surface area contributed by atoms with E-state index in [4.69, 9.17) is 0 Å². The predicted molar refractivity (Wildman–Crippen MR) is 76.9 cm³/mol. The predicted octanol–water partition coefficient (Wildman–Crippen LogP) is 3.87. The maximum Gasteiger partial charge on any atom is 0.305 e. The van der Waals surface area contributed by atoms with Gasteiger partial charge in [-0.3, -0.25) is 9.59 Å². The second-order valence-electron chi connectivity index (χ2n) is 4.42. The van der Waals surface area contributed by atoms with Crippen molar-refractivity contribution in [3.63, 3.8) is 0 Å². The maximum atomic E-state index is 10.6. The lowest BCUT2D eigenvalue weighted by Crippen LogP contribution is -1.98. The fourth-order valence-corrected chi connectivity index (χ4v) is 1.42. The van der Waals surface area contributed by atoms with Crippen molar-refractivity contribution >= 4 is 11.9 Å². The van der Waals surface area contributed by atoms with Crippen LogP contribution >= 0.6 is 0 Å². The highest BCUT2D eigenvalue weighted by Crippen LogP contribution is 2.02. The molecule has 0 radical (unpaired) electrons. The Labute approximate surface area is 117 Å². The second-order valence-corrected chi connectivity index (χ2v) is 4.42. The summed E-state index contributed by atoms with van der Waals surface area (Å²) in [5.74, 6) is -0.181. The molecule has 0 unspecified atom stereocenters. The Balaban J connectivity index is 0. The zero-order valence-electron chi connectivity index (χ0n) is 13.0. The van der Waals surface area contributed by atoms with Crippen LogP contribution in [0.15, 0.2) is 0 Å². The van der Waals surface area contributed by atoms with Gasteiger partial charge in [-0.1, -0.05) is 46.0 Å². The molecule has 0 aliphatic rings. The van der Waals surface area contributed by atoms with Crippen molar-refractivity contribution in [2.45, 2.75) is 71.6 Å². The molecule has 0 aliphatic heterocycles. The molecular weight excluding hydrogens is 244 g/mol. The standard InChI is InChI=1S/C8H16O2.C7H14O2/c1-3-4-5-6-7-8(9)10-2;1-3-4-5-6-7(8)9-2/h3-7H2,1-2H3;3-6H2,1-2H3. The third-order valence-electron chi connectivity index (χ3n) is 2.67. The molecule has 0 aromatic carbocycles. The quantitative estimate of drug-likeness (QED) is 0.473. The summed E-state index contributed by atoms with van der Waals surface area (Å²) in [7, 11) is 2.86. The van der Waals surface area contributed by atoms with E-state index in [2.05, 4.69) is 23.3 Å². The molecule has 0 rings (SSSR count). The third-order valence-corrected chi connectivity index (χ3v) is 2.67. The number of ether oxygens (including phenoxy) is 2. The largest absolute Gasteiger partial charge is 0.469 e. The first-order valence-corrected chi connectivity index (χ1v) is 7.25. The second kappa shape index (κ2) is 16.9. The van der Waals surface area contributed by atoms with Crippen LogP contribution in [0.1, 0.15) is 71.6 Å². The number of hydrogen-bond acceptors (Lipinski definition) is 4. The molecule has 0 aromatic rings. The van der Waals surface area contributed by atoms with Crippen LogP contribution in [0.2, 0.25) is 0 Å². The van der Waals surface area contributed by atoms with Gasteiger partial charge in [-0.2, -0.15) is 0 Å². The van der Waals surface area contributed by atoms with Crippen LogP contribution in [-0.4, -0.2) is 26.2 Å². The number of carbonyl (C=O) groups is 2. The van der Waals surface area contributed by atoms with Crippen molar-refractivity contribution < 1.29 is 19.1 Å². The zero-order chi connectivity index (χ0) is 14.9. The van der Waals surface area contributed by atoms with E-state index in [0.29, 0.717) is 12.8 Å². The van der Waals surface area contributed by atoms with Gasteiger partial charge in [0.1, 0.15) is 0 Å². The van der Waals surface area contributed by atoms with Gasteiger partial charge in [-0.25, -0.2) is 0 Å². The highest BCUT2D eigenvalue weighted by Gasteiger charge is 1.97. The lowest BCUT2D eigenvalue weighted by atomic mass is 10.2. The summed E-state index contributed by atoms with van der Waals surface area (Å²) in [6.07, 6.45) is 8.93. The van der Waals surface area contributed by atoms with Crippen LogP contribution in [0.4, 0.5) is 0 Å². The van der Waals surface area contributed by atoms with Crippen molar-refractivity contribution in [3.05, 3.63) is 0 Å². The smallest absolute Gasteiger partial charge is 0.305 e. The molecule has 0 bridgehead atoms. The van der Waals surface area contributed by atoms with E-state index in [1.54, 1.807) is 0 Å². The summed E-state index contributed by atoms with van der Waals surface area (Å²) in [6.45, 7) is 4.26. The fraction of sp³-hybridized carbons (Fsp3) is 0.867. The topological polar surface area (TPSA) is 52.6 Å². The molecular formula is C15H30O4. The van der Waals surface area contributed by atoms with Crippen molar-refractivity contribution in [2.75, 3.05) is 14.2 Å². The fourth-order valence-electron chi connectivity index (χ4n) is 1.42. The van der Waals surface area contributed by atoms with Gasteiger partial charge in [0, 0.05) is 12.8 Å². The molecule has 114 valence electrons. The number of unbranched alkanes of at least 4 members (excludes halogenated alkanes) is 5. The average Bonchev–Trinajstić information content (AvgIpc) is 2.44. The van der Waals surface area contributed by atoms with Gasteiger partial charge in [0.2, 0.25) is 0 Å². The maximum absolute atomic E-state index is 10.6. The van der Waals surface area contributed by atoms with Gasteiger partial charge >= 0.3 is 11.9 Å². The molecule has 0 atom stereocenters. The summed E-state index contributed by atoms with van der Waals surface area (Å²) in [4.78, 5) is 21.0. The Bertz CT molecular complexity index is 214. The number of hydrogen-bond donors (Lipinski definition) is 0. The minimum atomic E-state index is -0.0940. The summed E-state index contributed by atoms with van der Waals surface area (Å²) in [5.41, 5.74) is 0. The Morgan fingerprint density at radius 3 is 1.42 bits per heavy atom. The van der Waals surface area contributed by atoms with E-state index < -0.39 is 0 Å². The van der Waals surface area contributed by atoms with E-state index in [9.17, 15) is 9.59 Å². The summed E-state index contributed by atoms with van der Waals surface area (Å²) in [6, 6.07) is 0. The van der Waals surface area contributed by atoms with Gasteiger partial charge in [-0.05, 0) is 12.8 Å². The van der Waals surface area contributed by atoms with Gasteiger partial charge in [0.05, 0.1) is 14.2 Å². The van der Waals surface area contributed by atoms with Gasteiger partial charge < -0.3 is 9.47 Å². The van der Waals surface area contributed by atoms with E-state index in [1.165, 1.54) is 27.1 Å². The van der Waals surface area contributed by atoms with Crippen LogP contribution in [0.25, 0.3) is 0 Å². The van der Waals surface area contributed by atoms with E-state index in [1.807, 2.05) is 0 Å². The van der Waals surface area contributed by atoms with E-state index >= 15 is 0 Å².